The third-order valence-electron chi connectivity index (χ3n) is 8.48. The van der Waals surface area contributed by atoms with Crippen molar-refractivity contribution >= 4 is 40.3 Å². The van der Waals surface area contributed by atoms with Gasteiger partial charge >= 0.3 is 12.1 Å². The lowest BCUT2D eigenvalue weighted by Gasteiger charge is -2.31. The van der Waals surface area contributed by atoms with Crippen LogP contribution in [0.1, 0.15) is 50.2 Å². The number of carbonyl (C=O) groups is 2. The fourth-order valence-corrected chi connectivity index (χ4v) is 6.31. The van der Waals surface area contributed by atoms with Crippen molar-refractivity contribution in [3.8, 4) is 11.1 Å². The van der Waals surface area contributed by atoms with Crippen molar-refractivity contribution in [2.75, 3.05) is 44.3 Å². The van der Waals surface area contributed by atoms with Crippen LogP contribution in [0.15, 0.2) is 79.0 Å². The van der Waals surface area contributed by atoms with Gasteiger partial charge in [0.25, 0.3) is 0 Å². The molecule has 1 heterocycles. The summed E-state index contributed by atoms with van der Waals surface area (Å²) in [5, 5.41) is 1.41. The van der Waals surface area contributed by atoms with Gasteiger partial charge in [-0.05, 0) is 79.4 Å². The van der Waals surface area contributed by atoms with Gasteiger partial charge in [-0.15, -0.1) is 0 Å². The Morgan fingerprint density at radius 1 is 0.978 bits per heavy atom. The highest BCUT2D eigenvalue weighted by Crippen LogP contribution is 2.44. The van der Waals surface area contributed by atoms with Gasteiger partial charge < -0.3 is 20.1 Å². The second-order valence-electron chi connectivity index (χ2n) is 11.4. The summed E-state index contributed by atoms with van der Waals surface area (Å²) in [6.07, 6.45) is 3.12. The lowest BCUT2D eigenvalue weighted by molar-refractivity contribution is -0.143. The molecule has 0 bridgehead atoms. The molecule has 5 rings (SSSR count). The first-order valence-electron chi connectivity index (χ1n) is 15.7. The molecule has 0 saturated carbocycles. The number of carbonyl (C=O) groups excluding carboxylic acids is 2. The number of anilines is 1. The van der Waals surface area contributed by atoms with E-state index >= 15 is 0 Å². The Hall–Kier alpha value is -3.98. The number of pyridine rings is 1. The maximum atomic E-state index is 14.1. The largest absolute Gasteiger partial charge is 0.464 e. The second-order valence-corrected chi connectivity index (χ2v) is 11.8. The highest BCUT2D eigenvalue weighted by atomic mass is 35.5. The monoisotopic (exact) mass is 628 g/mol. The third-order valence-corrected chi connectivity index (χ3v) is 8.71. The van der Waals surface area contributed by atoms with E-state index in [4.69, 9.17) is 26.8 Å². The van der Waals surface area contributed by atoms with E-state index in [1.807, 2.05) is 42.5 Å². The fraction of sp³-hybridized carbons (Fsp3) is 0.361. The molecule has 3 aromatic carbocycles. The SMILES string of the molecule is CCN(CCCC(C)N(C(=O)OCC1c2ccccc2-c2ccccc21)c1ccnc2cc(Cl)ccc12)CCOC(=O)CCN. The van der Waals surface area contributed by atoms with Crippen LogP contribution in [-0.4, -0.2) is 67.4 Å². The normalized spacial score (nSPS) is 13.0. The number of rotatable bonds is 14. The van der Waals surface area contributed by atoms with Crippen LogP contribution in [0.4, 0.5) is 10.5 Å². The van der Waals surface area contributed by atoms with Crippen molar-refractivity contribution in [1.82, 2.24) is 9.88 Å². The number of hydrogen-bond donors (Lipinski definition) is 1. The van der Waals surface area contributed by atoms with Crippen molar-refractivity contribution in [3.05, 3.63) is 95.1 Å². The van der Waals surface area contributed by atoms with Crippen molar-refractivity contribution in [2.24, 2.45) is 5.73 Å². The summed E-state index contributed by atoms with van der Waals surface area (Å²) in [7, 11) is 0. The average Bonchev–Trinajstić information content (AvgIpc) is 3.36. The molecular weight excluding hydrogens is 588 g/mol. The Kier molecular flexibility index (Phi) is 11.1. The molecule has 1 aliphatic rings. The van der Waals surface area contributed by atoms with Crippen LogP contribution in [0.5, 0.6) is 0 Å². The fourth-order valence-electron chi connectivity index (χ4n) is 6.14. The van der Waals surface area contributed by atoms with E-state index in [0.29, 0.717) is 23.7 Å². The number of halogens is 1. The zero-order valence-corrected chi connectivity index (χ0v) is 26.7. The predicted molar refractivity (Wildman–Crippen MR) is 180 cm³/mol. The molecule has 0 fully saturated rings. The summed E-state index contributed by atoms with van der Waals surface area (Å²) >= 11 is 6.28. The smallest absolute Gasteiger partial charge is 0.414 e. The van der Waals surface area contributed by atoms with Crippen LogP contribution >= 0.6 is 11.6 Å². The highest BCUT2D eigenvalue weighted by molar-refractivity contribution is 6.31. The Bertz CT molecular complexity index is 1580. The van der Waals surface area contributed by atoms with Crippen molar-refractivity contribution in [2.45, 2.75) is 45.1 Å². The molecule has 0 aliphatic heterocycles. The number of likely N-dealkylation sites (N-methyl/N-ethyl adjacent to an activating group) is 1. The minimum Gasteiger partial charge on any atom is -0.464 e. The van der Waals surface area contributed by atoms with Crippen LogP contribution in [0.25, 0.3) is 22.0 Å². The molecule has 0 radical (unpaired) electrons. The summed E-state index contributed by atoms with van der Waals surface area (Å²) in [4.78, 5) is 34.3. The Balaban J connectivity index is 1.32. The van der Waals surface area contributed by atoms with Gasteiger partial charge in [-0.25, -0.2) is 4.79 Å². The molecule has 1 amide bonds. The standard InChI is InChI=1S/C36H41ClN4O4/c1-3-40(21-22-44-35(42)16-18-38)20-8-9-25(2)41(34-17-19-39-33-23-26(37)14-15-31(33)34)36(43)45-24-32-29-12-6-4-10-27(29)28-11-5-7-13-30(28)32/h4-7,10-15,17,19,23,25,32H,3,8-9,16,18,20-22,24,38H2,1-2H3. The van der Waals surface area contributed by atoms with Crippen LogP contribution in [0, 0.1) is 0 Å². The average molecular weight is 629 g/mol. The van der Waals surface area contributed by atoms with Crippen LogP contribution in [-0.2, 0) is 14.3 Å². The first kappa shape index (κ1) is 32.4. The van der Waals surface area contributed by atoms with Crippen LogP contribution in [0.3, 0.4) is 0 Å². The molecule has 1 atom stereocenters. The molecule has 8 nitrogen and oxygen atoms in total. The molecule has 4 aromatic rings. The zero-order chi connectivity index (χ0) is 31.8. The van der Waals surface area contributed by atoms with E-state index in [2.05, 4.69) is 48.0 Å². The lowest BCUT2D eigenvalue weighted by atomic mass is 9.98. The van der Waals surface area contributed by atoms with Crippen LogP contribution in [0.2, 0.25) is 5.02 Å². The molecule has 2 N–H and O–H groups in total. The maximum absolute atomic E-state index is 14.1. The third kappa shape index (κ3) is 7.64. The van der Waals surface area contributed by atoms with Gasteiger partial charge in [-0.2, -0.15) is 0 Å². The number of hydrogen-bond acceptors (Lipinski definition) is 7. The van der Waals surface area contributed by atoms with Gasteiger partial charge in [0, 0.05) is 41.7 Å². The number of nitrogens with zero attached hydrogens (tertiary/aromatic N) is 3. The minimum absolute atomic E-state index is 0.0384. The van der Waals surface area contributed by atoms with E-state index in [0.717, 1.165) is 37.0 Å². The number of aromatic nitrogens is 1. The summed E-state index contributed by atoms with van der Waals surface area (Å²) in [5.41, 5.74) is 11.6. The Morgan fingerprint density at radius 2 is 1.69 bits per heavy atom. The number of esters is 1. The quantitative estimate of drug-likeness (QED) is 0.150. The first-order chi connectivity index (χ1) is 21.9. The van der Waals surface area contributed by atoms with E-state index in [1.165, 1.54) is 22.3 Å². The predicted octanol–water partition coefficient (Wildman–Crippen LogP) is 7.03. The topological polar surface area (TPSA) is 98.0 Å². The molecule has 9 heteroatoms. The number of ether oxygens (including phenoxy) is 2. The number of nitrogens with two attached hydrogens (primary N) is 1. The first-order valence-corrected chi connectivity index (χ1v) is 16.1. The summed E-state index contributed by atoms with van der Waals surface area (Å²) in [6, 6.07) is 23.9. The van der Waals surface area contributed by atoms with Crippen LogP contribution < -0.4 is 10.6 Å². The maximum Gasteiger partial charge on any atom is 0.414 e. The number of amides is 1. The van der Waals surface area contributed by atoms with Gasteiger partial charge in [-0.1, -0.05) is 67.1 Å². The van der Waals surface area contributed by atoms with Crippen molar-refractivity contribution < 1.29 is 19.1 Å². The molecule has 1 unspecified atom stereocenters. The molecule has 1 aliphatic carbocycles. The molecule has 236 valence electrons. The Labute approximate surface area is 270 Å². The molecule has 0 saturated heterocycles. The van der Waals surface area contributed by atoms with Crippen molar-refractivity contribution in [1.29, 1.82) is 0 Å². The van der Waals surface area contributed by atoms with E-state index in [-0.39, 0.29) is 37.5 Å². The molecule has 0 spiro atoms. The minimum atomic E-state index is -0.397. The number of fused-ring (bicyclic) bond motifs is 4. The summed E-state index contributed by atoms with van der Waals surface area (Å²) < 4.78 is 11.5. The molecule has 1 aromatic heterocycles. The highest BCUT2D eigenvalue weighted by Gasteiger charge is 2.31. The van der Waals surface area contributed by atoms with Gasteiger partial charge in [0.05, 0.1) is 17.6 Å². The van der Waals surface area contributed by atoms with Gasteiger partial charge in [0.1, 0.15) is 13.2 Å². The van der Waals surface area contributed by atoms with E-state index in [9.17, 15) is 9.59 Å². The second kappa shape index (κ2) is 15.3. The van der Waals surface area contributed by atoms with Gasteiger partial charge in [-0.3, -0.25) is 14.7 Å². The zero-order valence-electron chi connectivity index (χ0n) is 26.0. The molecular formula is C36H41ClN4O4. The Morgan fingerprint density at radius 3 is 2.38 bits per heavy atom. The number of benzene rings is 3. The van der Waals surface area contributed by atoms with Gasteiger partial charge in [0.15, 0.2) is 0 Å². The van der Waals surface area contributed by atoms with Gasteiger partial charge in [0.2, 0.25) is 0 Å². The van der Waals surface area contributed by atoms with Crippen molar-refractivity contribution in [3.63, 3.8) is 0 Å². The summed E-state index contributed by atoms with van der Waals surface area (Å²) in [6.45, 7) is 7.27. The molecule has 45 heavy (non-hydrogen) atoms. The lowest BCUT2D eigenvalue weighted by Crippen LogP contribution is -2.40. The van der Waals surface area contributed by atoms with E-state index in [1.54, 1.807) is 17.2 Å². The van der Waals surface area contributed by atoms with E-state index < -0.39 is 6.09 Å². The summed E-state index contributed by atoms with van der Waals surface area (Å²) in [5.74, 6) is -0.310.